The molecule has 12 heavy (non-hydrogen) atoms. The Morgan fingerprint density at radius 1 is 1.25 bits per heavy atom. The molecule has 0 fully saturated rings. The summed E-state index contributed by atoms with van der Waals surface area (Å²) < 4.78 is 12.9. The van der Waals surface area contributed by atoms with Crippen molar-refractivity contribution >= 4 is 22.5 Å². The molecule has 0 aliphatic rings. The molecule has 0 aliphatic heterocycles. The van der Waals surface area contributed by atoms with E-state index < -0.39 is 5.82 Å². The maximum atomic E-state index is 12.9. The van der Waals surface area contributed by atoms with Crippen LogP contribution in [-0.2, 0) is 0 Å². The molecule has 0 saturated carbocycles. The molecule has 0 unspecified atom stereocenters. The summed E-state index contributed by atoms with van der Waals surface area (Å²) in [6.45, 7) is 0. The second-order valence-corrected chi connectivity index (χ2v) is 2.81. The Morgan fingerprint density at radius 2 is 2.00 bits per heavy atom. The Bertz CT molecular complexity index is 387. The molecule has 2 rings (SSSR count). The molecule has 0 saturated heterocycles. The first-order chi connectivity index (χ1) is 5.77. The lowest BCUT2D eigenvalue weighted by Gasteiger charge is -1.97. The molecule has 0 amide bonds. The maximum absolute atomic E-state index is 12.9. The van der Waals surface area contributed by atoms with Gasteiger partial charge in [-0.15, -0.1) is 0 Å². The molecule has 0 spiro atoms. The lowest BCUT2D eigenvalue weighted by atomic mass is 10.2. The van der Waals surface area contributed by atoms with E-state index >= 15 is 0 Å². The van der Waals surface area contributed by atoms with Gasteiger partial charge in [0.25, 0.3) is 0 Å². The normalized spacial score (nSPS) is 10.5. The van der Waals surface area contributed by atoms with Crippen LogP contribution in [0.3, 0.4) is 0 Å². The Kier molecular flexibility index (Phi) is 1.70. The van der Waals surface area contributed by atoms with Crippen molar-refractivity contribution in [2.24, 2.45) is 0 Å². The topological polar surface area (TPSA) is 12.9 Å². The minimum atomic E-state index is -0.477. The standard InChI is InChI=1S/C9H5ClFN/c10-9-7(11)5-6-3-1-2-4-8(6)12-9/h1-5H. The predicted molar refractivity (Wildman–Crippen MR) is 46.7 cm³/mol. The summed E-state index contributed by atoms with van der Waals surface area (Å²) in [4.78, 5) is 3.87. The van der Waals surface area contributed by atoms with Crippen molar-refractivity contribution in [3.63, 3.8) is 0 Å². The number of nitrogens with zero attached hydrogens (tertiary/aromatic N) is 1. The van der Waals surface area contributed by atoms with Gasteiger partial charge >= 0.3 is 0 Å². The first-order valence-electron chi connectivity index (χ1n) is 3.48. The second-order valence-electron chi connectivity index (χ2n) is 2.45. The highest BCUT2D eigenvalue weighted by Crippen LogP contribution is 2.18. The van der Waals surface area contributed by atoms with Crippen LogP contribution in [0.25, 0.3) is 10.9 Å². The highest BCUT2D eigenvalue weighted by atomic mass is 35.5. The fourth-order valence-corrected chi connectivity index (χ4v) is 1.21. The number of pyridine rings is 1. The summed E-state index contributed by atoms with van der Waals surface area (Å²) in [6.07, 6.45) is 0. The molecule has 60 valence electrons. The van der Waals surface area contributed by atoms with Gasteiger partial charge in [0.15, 0.2) is 11.0 Å². The first kappa shape index (κ1) is 7.50. The number of hydrogen-bond acceptors (Lipinski definition) is 1. The van der Waals surface area contributed by atoms with Crippen LogP contribution >= 0.6 is 11.6 Å². The molecule has 0 radical (unpaired) electrons. The average Bonchev–Trinajstić information content (AvgIpc) is 2.07. The zero-order chi connectivity index (χ0) is 8.55. The molecule has 1 heterocycles. The number of halogens is 2. The lowest BCUT2D eigenvalue weighted by molar-refractivity contribution is 0.625. The van der Waals surface area contributed by atoms with Gasteiger partial charge in [-0.25, -0.2) is 9.37 Å². The third kappa shape index (κ3) is 1.14. The maximum Gasteiger partial charge on any atom is 0.165 e. The van der Waals surface area contributed by atoms with Crippen LogP contribution in [0.4, 0.5) is 4.39 Å². The molecule has 1 aromatic heterocycles. The van der Waals surface area contributed by atoms with Gasteiger partial charge in [0.05, 0.1) is 5.52 Å². The summed E-state index contributed by atoms with van der Waals surface area (Å²) in [7, 11) is 0. The van der Waals surface area contributed by atoms with Crippen molar-refractivity contribution in [2.75, 3.05) is 0 Å². The van der Waals surface area contributed by atoms with Crippen LogP contribution in [0.5, 0.6) is 0 Å². The van der Waals surface area contributed by atoms with Gasteiger partial charge in [0, 0.05) is 5.39 Å². The number of aromatic nitrogens is 1. The first-order valence-corrected chi connectivity index (χ1v) is 3.86. The minimum absolute atomic E-state index is 0.0753. The second kappa shape index (κ2) is 2.72. The van der Waals surface area contributed by atoms with Crippen molar-refractivity contribution in [1.82, 2.24) is 4.98 Å². The highest BCUT2D eigenvalue weighted by Gasteiger charge is 2.01. The number of hydrogen-bond donors (Lipinski definition) is 0. The number of fused-ring (bicyclic) bond motifs is 1. The van der Waals surface area contributed by atoms with E-state index in [4.69, 9.17) is 11.6 Å². The Labute approximate surface area is 73.8 Å². The average molecular weight is 182 g/mol. The van der Waals surface area contributed by atoms with Gasteiger partial charge in [-0.3, -0.25) is 0 Å². The van der Waals surface area contributed by atoms with Crippen LogP contribution in [0.2, 0.25) is 5.15 Å². The van der Waals surface area contributed by atoms with Crippen molar-refractivity contribution in [2.45, 2.75) is 0 Å². The Balaban J connectivity index is 2.84. The molecule has 0 atom stereocenters. The molecule has 0 bridgehead atoms. The third-order valence-electron chi connectivity index (χ3n) is 1.63. The van der Waals surface area contributed by atoms with Gasteiger partial charge in [0.2, 0.25) is 0 Å². The molecule has 3 heteroatoms. The fourth-order valence-electron chi connectivity index (χ4n) is 1.07. The summed E-state index contributed by atoms with van der Waals surface area (Å²) in [6, 6.07) is 8.63. The molecular weight excluding hydrogens is 177 g/mol. The number of rotatable bonds is 0. The van der Waals surface area contributed by atoms with Crippen LogP contribution in [0, 0.1) is 5.82 Å². The lowest BCUT2D eigenvalue weighted by Crippen LogP contribution is -1.83. The van der Waals surface area contributed by atoms with Gasteiger partial charge in [0.1, 0.15) is 0 Å². The van der Waals surface area contributed by atoms with Crippen LogP contribution < -0.4 is 0 Å². The van der Waals surface area contributed by atoms with Crippen LogP contribution in [-0.4, -0.2) is 4.98 Å². The van der Waals surface area contributed by atoms with Crippen molar-refractivity contribution in [3.8, 4) is 0 Å². The number of para-hydroxylation sites is 1. The van der Waals surface area contributed by atoms with E-state index in [2.05, 4.69) is 4.98 Å². The number of benzene rings is 1. The van der Waals surface area contributed by atoms with Crippen molar-refractivity contribution in [3.05, 3.63) is 41.3 Å². The zero-order valence-corrected chi connectivity index (χ0v) is 6.85. The van der Waals surface area contributed by atoms with Gasteiger partial charge in [-0.2, -0.15) is 0 Å². The van der Waals surface area contributed by atoms with Gasteiger partial charge in [-0.1, -0.05) is 29.8 Å². The Morgan fingerprint density at radius 3 is 2.83 bits per heavy atom. The van der Waals surface area contributed by atoms with Crippen molar-refractivity contribution < 1.29 is 4.39 Å². The molecule has 0 N–H and O–H groups in total. The monoisotopic (exact) mass is 181 g/mol. The van der Waals surface area contributed by atoms with E-state index in [0.29, 0.717) is 5.52 Å². The van der Waals surface area contributed by atoms with E-state index in [0.717, 1.165) is 5.39 Å². The van der Waals surface area contributed by atoms with Gasteiger partial charge < -0.3 is 0 Å². The third-order valence-corrected chi connectivity index (χ3v) is 1.90. The summed E-state index contributed by atoms with van der Waals surface area (Å²) >= 11 is 5.50. The molecule has 2 aromatic rings. The van der Waals surface area contributed by atoms with E-state index in [9.17, 15) is 4.39 Å². The predicted octanol–water partition coefficient (Wildman–Crippen LogP) is 3.03. The largest absolute Gasteiger partial charge is 0.233 e. The summed E-state index contributed by atoms with van der Waals surface area (Å²) in [5, 5.41) is 0.688. The van der Waals surface area contributed by atoms with E-state index in [-0.39, 0.29) is 5.15 Å². The van der Waals surface area contributed by atoms with E-state index in [1.807, 2.05) is 12.1 Å². The van der Waals surface area contributed by atoms with Crippen LogP contribution in [0.15, 0.2) is 30.3 Å². The Hall–Kier alpha value is -1.15. The summed E-state index contributed by atoms with van der Waals surface area (Å²) in [5.41, 5.74) is 0.712. The SMILES string of the molecule is Fc1cc2ccccc2nc1Cl. The minimum Gasteiger partial charge on any atom is -0.233 e. The van der Waals surface area contributed by atoms with Crippen molar-refractivity contribution in [1.29, 1.82) is 0 Å². The van der Waals surface area contributed by atoms with Gasteiger partial charge in [-0.05, 0) is 12.1 Å². The highest BCUT2D eigenvalue weighted by molar-refractivity contribution is 6.29. The molecular formula is C9H5ClFN. The van der Waals surface area contributed by atoms with E-state index in [1.165, 1.54) is 6.07 Å². The molecule has 1 aromatic carbocycles. The molecule has 1 nitrogen and oxygen atoms in total. The quantitative estimate of drug-likeness (QED) is 0.570. The summed E-state index contributed by atoms with van der Waals surface area (Å²) in [5.74, 6) is -0.477. The van der Waals surface area contributed by atoms with Crippen LogP contribution in [0.1, 0.15) is 0 Å². The zero-order valence-electron chi connectivity index (χ0n) is 6.09. The fraction of sp³-hybridized carbons (Fsp3) is 0. The van der Waals surface area contributed by atoms with E-state index in [1.54, 1.807) is 12.1 Å². The smallest absolute Gasteiger partial charge is 0.165 e. The molecule has 0 aliphatic carbocycles.